The number of methoxy groups -OCH3 is 2. The van der Waals surface area contributed by atoms with E-state index >= 15 is 0 Å². The van der Waals surface area contributed by atoms with Gasteiger partial charge >= 0.3 is 0 Å². The van der Waals surface area contributed by atoms with Gasteiger partial charge in [-0.15, -0.1) is 0 Å². The third-order valence-corrected chi connectivity index (χ3v) is 5.23. The molecule has 1 heterocycles. The predicted molar refractivity (Wildman–Crippen MR) is 121 cm³/mol. The van der Waals surface area contributed by atoms with Crippen LogP contribution in [0.1, 0.15) is 37.4 Å². The van der Waals surface area contributed by atoms with Crippen molar-refractivity contribution in [2.45, 2.75) is 32.4 Å². The Hall–Kier alpha value is -3.32. The predicted octanol–water partition coefficient (Wildman–Crippen LogP) is 3.94. The van der Waals surface area contributed by atoms with Crippen molar-refractivity contribution in [1.82, 2.24) is 4.90 Å². The van der Waals surface area contributed by atoms with Gasteiger partial charge in [-0.25, -0.2) is 0 Å². The average Bonchev–Trinajstić information content (AvgIpc) is 3.03. The van der Waals surface area contributed by atoms with Crippen molar-refractivity contribution < 1.29 is 28.9 Å². The molecular weight excluding hydrogens is 410 g/mol. The largest absolute Gasteiger partial charge is 0.507 e. The number of amides is 1. The number of benzene rings is 2. The van der Waals surface area contributed by atoms with Gasteiger partial charge in [0, 0.05) is 25.8 Å². The van der Waals surface area contributed by atoms with E-state index in [1.165, 1.54) is 12.0 Å². The molecular formula is C25H29NO6. The summed E-state index contributed by atoms with van der Waals surface area (Å²) in [5.74, 6) is -0.727. The van der Waals surface area contributed by atoms with Gasteiger partial charge in [0.1, 0.15) is 17.3 Å². The van der Waals surface area contributed by atoms with Crippen LogP contribution in [0.5, 0.6) is 11.5 Å². The lowest BCUT2D eigenvalue weighted by Crippen LogP contribution is -2.31. The molecule has 0 saturated carbocycles. The van der Waals surface area contributed by atoms with Crippen LogP contribution in [0.25, 0.3) is 5.76 Å². The lowest BCUT2D eigenvalue weighted by molar-refractivity contribution is -0.140. The first-order chi connectivity index (χ1) is 15.4. The molecule has 0 bridgehead atoms. The summed E-state index contributed by atoms with van der Waals surface area (Å²) in [5.41, 5.74) is 0.989. The van der Waals surface area contributed by atoms with E-state index in [0.29, 0.717) is 42.2 Å². The quantitative estimate of drug-likeness (QED) is 0.276. The third-order valence-electron chi connectivity index (χ3n) is 5.23. The molecule has 0 spiro atoms. The monoisotopic (exact) mass is 439 g/mol. The van der Waals surface area contributed by atoms with Crippen molar-refractivity contribution in [3.8, 4) is 11.5 Å². The Balaban J connectivity index is 2.21. The van der Waals surface area contributed by atoms with E-state index in [4.69, 9.17) is 14.2 Å². The maximum absolute atomic E-state index is 13.2. The van der Waals surface area contributed by atoms with E-state index in [1.54, 1.807) is 37.4 Å². The van der Waals surface area contributed by atoms with Crippen LogP contribution < -0.4 is 9.47 Å². The Labute approximate surface area is 188 Å². The Morgan fingerprint density at radius 2 is 1.69 bits per heavy atom. The Kier molecular flexibility index (Phi) is 7.53. The summed E-state index contributed by atoms with van der Waals surface area (Å²) >= 11 is 0. The number of aliphatic hydroxyl groups excluding tert-OH is 1. The molecule has 7 heteroatoms. The average molecular weight is 440 g/mol. The SMILES string of the molecule is COCCCN1C(=O)C(=O)/C(=C(\O)c2ccccc2OC)C1c1ccccc1OC(C)C. The van der Waals surface area contributed by atoms with Crippen LogP contribution in [0.4, 0.5) is 0 Å². The Morgan fingerprint density at radius 1 is 1.03 bits per heavy atom. The van der Waals surface area contributed by atoms with Crippen molar-refractivity contribution in [2.24, 2.45) is 0 Å². The van der Waals surface area contributed by atoms with Crippen LogP contribution in [0.2, 0.25) is 0 Å². The second-order valence-electron chi connectivity index (χ2n) is 7.74. The van der Waals surface area contributed by atoms with Gasteiger partial charge in [0.25, 0.3) is 11.7 Å². The van der Waals surface area contributed by atoms with Crippen molar-refractivity contribution in [2.75, 3.05) is 27.4 Å². The standard InChI is InChI=1S/C25H29NO6/c1-16(2)32-20-13-8-5-10-17(20)22-21(23(27)18-11-6-7-12-19(18)31-4)24(28)25(29)26(22)14-9-15-30-3/h5-8,10-13,16,22,27H,9,14-15H2,1-4H3/b23-21-. The molecule has 170 valence electrons. The third kappa shape index (κ3) is 4.62. The molecule has 1 aliphatic rings. The van der Waals surface area contributed by atoms with Gasteiger partial charge in [-0.2, -0.15) is 0 Å². The zero-order valence-electron chi connectivity index (χ0n) is 18.8. The van der Waals surface area contributed by atoms with Crippen LogP contribution in [0.15, 0.2) is 54.1 Å². The highest BCUT2D eigenvalue weighted by Gasteiger charge is 2.47. The van der Waals surface area contributed by atoms with Gasteiger partial charge in [0.2, 0.25) is 0 Å². The van der Waals surface area contributed by atoms with E-state index in [1.807, 2.05) is 32.0 Å². The summed E-state index contributed by atoms with van der Waals surface area (Å²) in [4.78, 5) is 27.7. The molecule has 32 heavy (non-hydrogen) atoms. The lowest BCUT2D eigenvalue weighted by atomic mass is 9.94. The Bertz CT molecular complexity index is 1010. The molecule has 3 rings (SSSR count). The number of nitrogens with zero attached hydrogens (tertiary/aromatic N) is 1. The van der Waals surface area contributed by atoms with Gasteiger partial charge in [-0.05, 0) is 38.5 Å². The van der Waals surface area contributed by atoms with Gasteiger partial charge in [-0.1, -0.05) is 30.3 Å². The topological polar surface area (TPSA) is 85.3 Å². The molecule has 1 fully saturated rings. The summed E-state index contributed by atoms with van der Waals surface area (Å²) in [6, 6.07) is 13.3. The van der Waals surface area contributed by atoms with Crippen molar-refractivity contribution in [3.63, 3.8) is 0 Å². The van der Waals surface area contributed by atoms with Gasteiger partial charge in [0.05, 0.1) is 30.4 Å². The van der Waals surface area contributed by atoms with Crippen LogP contribution >= 0.6 is 0 Å². The van der Waals surface area contributed by atoms with Gasteiger partial charge in [-0.3, -0.25) is 9.59 Å². The zero-order valence-corrected chi connectivity index (χ0v) is 18.8. The summed E-state index contributed by atoms with van der Waals surface area (Å²) < 4.78 is 16.5. The van der Waals surface area contributed by atoms with Crippen LogP contribution in [-0.4, -0.2) is 55.2 Å². The summed E-state index contributed by atoms with van der Waals surface area (Å²) in [6.45, 7) is 4.54. The first-order valence-electron chi connectivity index (χ1n) is 10.6. The smallest absolute Gasteiger partial charge is 0.295 e. The van der Waals surface area contributed by atoms with Gasteiger partial charge < -0.3 is 24.2 Å². The molecule has 2 aromatic rings. The highest BCUT2D eigenvalue weighted by atomic mass is 16.5. The molecule has 0 aliphatic carbocycles. The molecule has 1 atom stereocenters. The van der Waals surface area contributed by atoms with Crippen LogP contribution in [-0.2, 0) is 14.3 Å². The van der Waals surface area contributed by atoms with Crippen LogP contribution in [0.3, 0.4) is 0 Å². The van der Waals surface area contributed by atoms with Gasteiger partial charge in [0.15, 0.2) is 0 Å². The highest BCUT2D eigenvalue weighted by Crippen LogP contribution is 2.43. The fraction of sp³-hybridized carbons (Fsp3) is 0.360. The van der Waals surface area contributed by atoms with E-state index < -0.39 is 17.7 Å². The number of rotatable bonds is 9. The normalized spacial score (nSPS) is 17.8. The summed E-state index contributed by atoms with van der Waals surface area (Å²) in [7, 11) is 3.07. The van der Waals surface area contributed by atoms with Crippen LogP contribution in [0, 0.1) is 0 Å². The number of ketones is 1. The molecule has 7 nitrogen and oxygen atoms in total. The number of likely N-dealkylation sites (tertiary alicyclic amines) is 1. The number of ether oxygens (including phenoxy) is 3. The minimum atomic E-state index is -0.799. The summed E-state index contributed by atoms with van der Waals surface area (Å²) in [6.07, 6.45) is 0.434. The molecule has 0 aromatic heterocycles. The second-order valence-corrected chi connectivity index (χ2v) is 7.74. The van der Waals surface area contributed by atoms with E-state index in [-0.39, 0.29) is 17.4 Å². The highest BCUT2D eigenvalue weighted by molar-refractivity contribution is 6.46. The van der Waals surface area contributed by atoms with Crippen molar-refractivity contribution >= 4 is 17.4 Å². The van der Waals surface area contributed by atoms with Crippen molar-refractivity contribution in [1.29, 1.82) is 0 Å². The molecule has 1 N–H and O–H groups in total. The fourth-order valence-electron chi connectivity index (χ4n) is 3.87. The minimum absolute atomic E-state index is 0.0109. The van der Waals surface area contributed by atoms with E-state index in [2.05, 4.69) is 0 Å². The number of carbonyl (C=O) groups excluding carboxylic acids is 2. The number of Topliss-reactive ketones (excluding diaryl/α,β-unsaturated/α-hetero) is 1. The number of hydrogen-bond donors (Lipinski definition) is 1. The molecule has 1 aliphatic heterocycles. The van der Waals surface area contributed by atoms with E-state index in [9.17, 15) is 14.7 Å². The number of hydrogen-bond acceptors (Lipinski definition) is 6. The molecule has 1 unspecified atom stereocenters. The first kappa shape index (κ1) is 23.3. The molecule has 2 aromatic carbocycles. The van der Waals surface area contributed by atoms with E-state index in [0.717, 1.165) is 0 Å². The molecule has 0 radical (unpaired) electrons. The van der Waals surface area contributed by atoms with Crippen molar-refractivity contribution in [3.05, 3.63) is 65.2 Å². The number of para-hydroxylation sites is 2. The number of carbonyl (C=O) groups is 2. The molecule has 1 amide bonds. The summed E-state index contributed by atoms with van der Waals surface area (Å²) in [5, 5.41) is 11.2. The first-order valence-corrected chi connectivity index (χ1v) is 10.6. The molecule has 1 saturated heterocycles. The maximum atomic E-state index is 13.2. The Morgan fingerprint density at radius 3 is 2.34 bits per heavy atom. The second kappa shape index (κ2) is 10.3. The lowest BCUT2D eigenvalue weighted by Gasteiger charge is -2.27. The minimum Gasteiger partial charge on any atom is -0.507 e. The maximum Gasteiger partial charge on any atom is 0.295 e. The zero-order chi connectivity index (χ0) is 23.3. The fourth-order valence-corrected chi connectivity index (χ4v) is 3.87. The number of aliphatic hydroxyl groups is 1.